The molecule has 0 aliphatic carbocycles. The molecule has 0 aromatic heterocycles. The van der Waals surface area contributed by atoms with Gasteiger partial charge in [-0.15, -0.1) is 0 Å². The van der Waals surface area contributed by atoms with Gasteiger partial charge in [-0.2, -0.15) is 0 Å². The number of hydrogen-bond donors (Lipinski definition) is 1. The Labute approximate surface area is 215 Å². The van der Waals surface area contributed by atoms with Gasteiger partial charge in [0, 0.05) is 26.8 Å². The molecular weight excluding hydrogens is 480 g/mol. The summed E-state index contributed by atoms with van der Waals surface area (Å²) >= 11 is 0. The standard InChI is InChI=1S/C27H32N2O8/c1-4-35-22-10-7-18(15-23(22)36-5-2)11-12-28-24(30)17-37-27(33)19-8-9-20-21(16-19)26(32)29(25(20)31)13-6-14-34-3/h7-10,15-16H,4-6,11-14,17H2,1-3H3,(H,28,30). The van der Waals surface area contributed by atoms with E-state index in [0.717, 1.165) is 10.5 Å². The van der Waals surface area contributed by atoms with Crippen LogP contribution in [-0.4, -0.2) is 75.2 Å². The number of carbonyl (C=O) groups excluding carboxylic acids is 4. The molecule has 1 aliphatic heterocycles. The largest absolute Gasteiger partial charge is 0.490 e. The summed E-state index contributed by atoms with van der Waals surface area (Å²) in [7, 11) is 1.54. The summed E-state index contributed by atoms with van der Waals surface area (Å²) < 4.78 is 21.2. The molecule has 0 radical (unpaired) electrons. The summed E-state index contributed by atoms with van der Waals surface area (Å²) in [6, 6.07) is 9.77. The third-order valence-electron chi connectivity index (χ3n) is 5.61. The number of nitrogens with one attached hydrogen (secondary N) is 1. The van der Waals surface area contributed by atoms with Crippen LogP contribution in [0.2, 0.25) is 0 Å². The van der Waals surface area contributed by atoms with E-state index in [0.29, 0.717) is 50.7 Å². The van der Waals surface area contributed by atoms with Crippen LogP contribution in [0.15, 0.2) is 36.4 Å². The quantitative estimate of drug-likeness (QED) is 0.233. The Balaban J connectivity index is 1.49. The predicted octanol–water partition coefficient (Wildman–Crippen LogP) is 2.63. The van der Waals surface area contributed by atoms with Crippen molar-refractivity contribution in [1.82, 2.24) is 10.2 Å². The smallest absolute Gasteiger partial charge is 0.338 e. The molecule has 0 saturated heterocycles. The highest BCUT2D eigenvalue weighted by Crippen LogP contribution is 2.28. The van der Waals surface area contributed by atoms with Gasteiger partial charge in [-0.3, -0.25) is 19.3 Å². The fraction of sp³-hybridized carbons (Fsp3) is 0.407. The number of ether oxygens (including phenoxy) is 4. The van der Waals surface area contributed by atoms with Crippen molar-refractivity contribution in [2.75, 3.05) is 46.6 Å². The minimum atomic E-state index is -0.760. The minimum Gasteiger partial charge on any atom is -0.490 e. The average Bonchev–Trinajstić information content (AvgIpc) is 3.13. The van der Waals surface area contributed by atoms with E-state index in [1.54, 1.807) is 7.11 Å². The Morgan fingerprint density at radius 3 is 2.38 bits per heavy atom. The van der Waals surface area contributed by atoms with Crippen molar-refractivity contribution in [3.8, 4) is 11.5 Å². The van der Waals surface area contributed by atoms with Crippen molar-refractivity contribution in [2.45, 2.75) is 26.7 Å². The van der Waals surface area contributed by atoms with Crippen molar-refractivity contribution >= 4 is 23.7 Å². The van der Waals surface area contributed by atoms with Gasteiger partial charge in [-0.25, -0.2) is 4.79 Å². The second-order valence-electron chi connectivity index (χ2n) is 8.19. The van der Waals surface area contributed by atoms with Gasteiger partial charge >= 0.3 is 5.97 Å². The van der Waals surface area contributed by atoms with Crippen molar-refractivity contribution in [1.29, 1.82) is 0 Å². The zero-order valence-electron chi connectivity index (χ0n) is 21.3. The van der Waals surface area contributed by atoms with Crippen LogP contribution in [0.25, 0.3) is 0 Å². The Hall–Kier alpha value is -3.92. The summed E-state index contributed by atoms with van der Waals surface area (Å²) in [5.41, 5.74) is 1.42. The molecule has 1 heterocycles. The first-order chi connectivity index (χ1) is 17.9. The lowest BCUT2D eigenvalue weighted by Crippen LogP contribution is -2.31. The summed E-state index contributed by atoms with van der Waals surface area (Å²) in [5, 5.41) is 2.71. The zero-order valence-corrected chi connectivity index (χ0v) is 21.3. The van der Waals surface area contributed by atoms with Crippen LogP contribution in [-0.2, 0) is 20.7 Å². The van der Waals surface area contributed by atoms with E-state index in [1.165, 1.54) is 18.2 Å². The van der Waals surface area contributed by atoms with E-state index in [4.69, 9.17) is 18.9 Å². The molecule has 2 aromatic carbocycles. The lowest BCUT2D eigenvalue weighted by Gasteiger charge is -2.13. The lowest BCUT2D eigenvalue weighted by molar-refractivity contribution is -0.124. The number of carbonyl (C=O) groups is 4. The molecule has 10 heteroatoms. The lowest BCUT2D eigenvalue weighted by atomic mass is 10.1. The van der Waals surface area contributed by atoms with E-state index in [2.05, 4.69) is 5.32 Å². The Bertz CT molecular complexity index is 1150. The van der Waals surface area contributed by atoms with Gasteiger partial charge in [0.25, 0.3) is 17.7 Å². The first-order valence-electron chi connectivity index (χ1n) is 12.2. The molecule has 1 N–H and O–H groups in total. The topological polar surface area (TPSA) is 120 Å². The van der Waals surface area contributed by atoms with Crippen LogP contribution in [0, 0.1) is 0 Å². The Morgan fingerprint density at radius 2 is 1.65 bits per heavy atom. The highest BCUT2D eigenvalue weighted by molar-refractivity contribution is 6.22. The van der Waals surface area contributed by atoms with Gasteiger partial charge in [0.05, 0.1) is 29.9 Å². The Morgan fingerprint density at radius 1 is 0.919 bits per heavy atom. The van der Waals surface area contributed by atoms with Crippen molar-refractivity contribution in [3.63, 3.8) is 0 Å². The van der Waals surface area contributed by atoms with Crippen LogP contribution in [0.4, 0.5) is 0 Å². The highest BCUT2D eigenvalue weighted by atomic mass is 16.5. The molecule has 10 nitrogen and oxygen atoms in total. The van der Waals surface area contributed by atoms with E-state index in [-0.39, 0.29) is 23.2 Å². The number of rotatable bonds is 14. The molecule has 0 unspecified atom stereocenters. The van der Waals surface area contributed by atoms with Crippen LogP contribution in [0.1, 0.15) is 56.9 Å². The fourth-order valence-electron chi connectivity index (χ4n) is 3.85. The normalized spacial score (nSPS) is 12.4. The fourth-order valence-corrected chi connectivity index (χ4v) is 3.85. The van der Waals surface area contributed by atoms with Crippen LogP contribution >= 0.6 is 0 Å². The van der Waals surface area contributed by atoms with E-state index >= 15 is 0 Å². The predicted molar refractivity (Wildman–Crippen MR) is 134 cm³/mol. The maximum atomic E-state index is 12.6. The number of hydrogen-bond acceptors (Lipinski definition) is 8. The molecule has 0 atom stereocenters. The van der Waals surface area contributed by atoms with Gasteiger partial charge in [-0.1, -0.05) is 6.07 Å². The molecule has 0 fully saturated rings. The van der Waals surface area contributed by atoms with Crippen LogP contribution in [0.3, 0.4) is 0 Å². The average molecular weight is 513 g/mol. The minimum absolute atomic E-state index is 0.0873. The molecular formula is C27H32N2O8. The molecule has 3 amide bonds. The van der Waals surface area contributed by atoms with Crippen LogP contribution in [0.5, 0.6) is 11.5 Å². The molecule has 37 heavy (non-hydrogen) atoms. The number of esters is 1. The van der Waals surface area contributed by atoms with Crippen molar-refractivity contribution in [2.24, 2.45) is 0 Å². The number of nitrogens with zero attached hydrogens (tertiary/aromatic N) is 1. The van der Waals surface area contributed by atoms with Gasteiger partial charge in [0.2, 0.25) is 0 Å². The number of benzene rings is 2. The monoisotopic (exact) mass is 512 g/mol. The summed E-state index contributed by atoms with van der Waals surface area (Å²) in [5.74, 6) is -0.776. The number of imide groups is 1. The molecule has 1 aliphatic rings. The molecule has 198 valence electrons. The molecule has 0 spiro atoms. The van der Waals surface area contributed by atoms with Crippen molar-refractivity contribution < 1.29 is 38.1 Å². The van der Waals surface area contributed by atoms with E-state index in [9.17, 15) is 19.2 Å². The van der Waals surface area contributed by atoms with Crippen LogP contribution < -0.4 is 14.8 Å². The van der Waals surface area contributed by atoms with Gasteiger partial charge < -0.3 is 24.3 Å². The first kappa shape index (κ1) is 27.7. The number of methoxy groups -OCH3 is 1. The van der Waals surface area contributed by atoms with E-state index < -0.39 is 30.3 Å². The van der Waals surface area contributed by atoms with E-state index in [1.807, 2.05) is 32.0 Å². The molecule has 0 saturated carbocycles. The third kappa shape index (κ3) is 7.07. The zero-order chi connectivity index (χ0) is 26.8. The maximum Gasteiger partial charge on any atom is 0.338 e. The van der Waals surface area contributed by atoms with Gasteiger partial charge in [-0.05, 0) is 62.6 Å². The summed E-state index contributed by atoms with van der Waals surface area (Å²) in [6.07, 6.45) is 1.06. The molecule has 3 rings (SSSR count). The Kier molecular flexibility index (Phi) is 10.0. The third-order valence-corrected chi connectivity index (χ3v) is 5.61. The van der Waals surface area contributed by atoms with Crippen molar-refractivity contribution in [3.05, 3.63) is 58.7 Å². The molecule has 2 aromatic rings. The number of fused-ring (bicyclic) bond motifs is 1. The maximum absolute atomic E-state index is 12.6. The van der Waals surface area contributed by atoms with Gasteiger partial charge in [0.1, 0.15) is 0 Å². The first-order valence-corrected chi connectivity index (χ1v) is 12.2. The summed E-state index contributed by atoms with van der Waals surface area (Å²) in [6.45, 7) is 5.34. The summed E-state index contributed by atoms with van der Waals surface area (Å²) in [4.78, 5) is 50.9. The SMILES string of the molecule is CCOc1ccc(CCNC(=O)COC(=O)c2ccc3c(c2)C(=O)N(CCCOC)C3=O)cc1OCC. The molecule has 0 bridgehead atoms. The number of amides is 3. The van der Waals surface area contributed by atoms with Gasteiger partial charge in [0.15, 0.2) is 18.1 Å². The second-order valence-corrected chi connectivity index (χ2v) is 8.19. The second kappa shape index (κ2) is 13.4. The highest BCUT2D eigenvalue weighted by Gasteiger charge is 2.35.